The number of carbonyl (C=O) groups is 1. The zero-order valence-corrected chi connectivity index (χ0v) is 9.99. The Morgan fingerprint density at radius 1 is 1.31 bits per heavy atom. The van der Waals surface area contributed by atoms with Crippen LogP contribution in [0.4, 0.5) is 0 Å². The molecule has 0 aliphatic rings. The molecule has 0 bridgehead atoms. The molecule has 0 aromatic carbocycles. The van der Waals surface area contributed by atoms with Crippen LogP contribution >= 0.6 is 0 Å². The number of carboxylic acid groups (broad SMARTS) is 1. The standard InChI is InChI=1S/C11H18N2O3/c1-11(2,3)7-9-13-12-8(16-9)5-4-6-10(14)15/h4-7H2,1-3H3,(H,14,15). The number of aryl methyl sites for hydroxylation is 1. The summed E-state index contributed by atoms with van der Waals surface area (Å²) in [7, 11) is 0. The average Bonchev–Trinajstić information content (AvgIpc) is 2.48. The van der Waals surface area contributed by atoms with Gasteiger partial charge in [-0.15, -0.1) is 10.2 Å². The topological polar surface area (TPSA) is 76.2 Å². The molecule has 0 amide bonds. The second-order valence-electron chi connectivity index (χ2n) is 5.07. The van der Waals surface area contributed by atoms with Crippen molar-refractivity contribution < 1.29 is 14.3 Å². The van der Waals surface area contributed by atoms with Gasteiger partial charge in [-0.2, -0.15) is 0 Å². The van der Waals surface area contributed by atoms with E-state index in [0.717, 1.165) is 6.42 Å². The SMILES string of the molecule is CC(C)(C)Cc1nnc(CCCC(=O)O)o1. The molecule has 0 fully saturated rings. The first-order valence-electron chi connectivity index (χ1n) is 5.40. The first-order valence-corrected chi connectivity index (χ1v) is 5.40. The molecule has 0 unspecified atom stereocenters. The van der Waals surface area contributed by atoms with Gasteiger partial charge in [0.05, 0.1) is 0 Å². The van der Waals surface area contributed by atoms with Gasteiger partial charge in [0.2, 0.25) is 11.8 Å². The fraction of sp³-hybridized carbons (Fsp3) is 0.727. The van der Waals surface area contributed by atoms with Gasteiger partial charge in [0, 0.05) is 19.3 Å². The third kappa shape index (κ3) is 4.91. The summed E-state index contributed by atoms with van der Waals surface area (Å²) in [5.74, 6) is 0.354. The maximum Gasteiger partial charge on any atom is 0.303 e. The van der Waals surface area contributed by atoms with Crippen molar-refractivity contribution in [1.82, 2.24) is 10.2 Å². The van der Waals surface area contributed by atoms with Gasteiger partial charge in [-0.25, -0.2) is 0 Å². The van der Waals surface area contributed by atoms with E-state index >= 15 is 0 Å². The van der Waals surface area contributed by atoms with Gasteiger partial charge in [0.15, 0.2) is 0 Å². The Bertz CT molecular complexity index is 352. The molecule has 0 saturated carbocycles. The van der Waals surface area contributed by atoms with Crippen molar-refractivity contribution in [2.75, 3.05) is 0 Å². The molecule has 5 nitrogen and oxygen atoms in total. The van der Waals surface area contributed by atoms with Crippen molar-refractivity contribution in [3.63, 3.8) is 0 Å². The summed E-state index contributed by atoms with van der Waals surface area (Å²) >= 11 is 0. The van der Waals surface area contributed by atoms with Crippen molar-refractivity contribution in [2.24, 2.45) is 5.41 Å². The van der Waals surface area contributed by atoms with Crippen LogP contribution in [0.2, 0.25) is 0 Å². The maximum absolute atomic E-state index is 10.3. The van der Waals surface area contributed by atoms with E-state index in [4.69, 9.17) is 9.52 Å². The van der Waals surface area contributed by atoms with Crippen molar-refractivity contribution >= 4 is 5.97 Å². The predicted octanol–water partition coefficient (Wildman–Crippen LogP) is 2.07. The van der Waals surface area contributed by atoms with Crippen LogP contribution in [0.15, 0.2) is 4.42 Å². The Balaban J connectivity index is 2.42. The Kier molecular flexibility index (Phi) is 4.04. The van der Waals surface area contributed by atoms with E-state index in [9.17, 15) is 4.79 Å². The van der Waals surface area contributed by atoms with Crippen molar-refractivity contribution in [2.45, 2.75) is 46.5 Å². The molecule has 0 aliphatic heterocycles. The highest BCUT2D eigenvalue weighted by Crippen LogP contribution is 2.19. The van der Waals surface area contributed by atoms with Crippen molar-refractivity contribution in [3.05, 3.63) is 11.8 Å². The minimum atomic E-state index is -0.797. The third-order valence-electron chi connectivity index (χ3n) is 1.97. The van der Waals surface area contributed by atoms with Gasteiger partial charge in [-0.3, -0.25) is 4.79 Å². The normalized spacial score (nSPS) is 11.7. The number of nitrogens with zero attached hydrogens (tertiary/aromatic N) is 2. The van der Waals surface area contributed by atoms with E-state index < -0.39 is 5.97 Å². The molecule has 0 aliphatic carbocycles. The Morgan fingerprint density at radius 2 is 1.94 bits per heavy atom. The highest BCUT2D eigenvalue weighted by molar-refractivity contribution is 5.66. The van der Waals surface area contributed by atoms with Gasteiger partial charge >= 0.3 is 5.97 Å². The summed E-state index contributed by atoms with van der Waals surface area (Å²) in [6, 6.07) is 0. The molecule has 0 atom stereocenters. The highest BCUT2D eigenvalue weighted by Gasteiger charge is 2.16. The van der Waals surface area contributed by atoms with Crippen LogP contribution in [-0.4, -0.2) is 21.3 Å². The molecular formula is C11H18N2O3. The zero-order chi connectivity index (χ0) is 12.2. The molecule has 90 valence electrons. The van der Waals surface area contributed by atoms with Crippen LogP contribution in [0.25, 0.3) is 0 Å². The molecule has 1 aromatic rings. The number of carboxylic acids is 1. The largest absolute Gasteiger partial charge is 0.481 e. The number of aromatic nitrogens is 2. The van der Waals surface area contributed by atoms with E-state index in [1.54, 1.807) is 0 Å². The maximum atomic E-state index is 10.3. The van der Waals surface area contributed by atoms with Crippen LogP contribution in [0.3, 0.4) is 0 Å². The molecule has 1 heterocycles. The van der Waals surface area contributed by atoms with Crippen molar-refractivity contribution in [1.29, 1.82) is 0 Å². The molecular weight excluding hydrogens is 208 g/mol. The fourth-order valence-corrected chi connectivity index (χ4v) is 1.31. The number of rotatable bonds is 5. The molecule has 1 aromatic heterocycles. The van der Waals surface area contributed by atoms with Crippen LogP contribution in [0.5, 0.6) is 0 Å². The number of aliphatic carboxylic acids is 1. The quantitative estimate of drug-likeness (QED) is 0.831. The number of hydrogen-bond acceptors (Lipinski definition) is 4. The lowest BCUT2D eigenvalue weighted by atomic mass is 9.92. The smallest absolute Gasteiger partial charge is 0.303 e. The monoisotopic (exact) mass is 226 g/mol. The minimum absolute atomic E-state index is 0.116. The fourth-order valence-electron chi connectivity index (χ4n) is 1.31. The van der Waals surface area contributed by atoms with Gasteiger partial charge < -0.3 is 9.52 Å². The van der Waals surface area contributed by atoms with Crippen molar-refractivity contribution in [3.8, 4) is 0 Å². The number of hydrogen-bond donors (Lipinski definition) is 1. The minimum Gasteiger partial charge on any atom is -0.481 e. The Hall–Kier alpha value is -1.39. The van der Waals surface area contributed by atoms with Gasteiger partial charge in [0.25, 0.3) is 0 Å². The summed E-state index contributed by atoms with van der Waals surface area (Å²) in [4.78, 5) is 10.3. The zero-order valence-electron chi connectivity index (χ0n) is 9.99. The lowest BCUT2D eigenvalue weighted by Crippen LogP contribution is -2.09. The molecule has 0 radical (unpaired) electrons. The molecule has 5 heteroatoms. The summed E-state index contributed by atoms with van der Waals surface area (Å²) in [6.07, 6.45) is 1.94. The first-order chi connectivity index (χ1) is 7.37. The lowest BCUT2D eigenvalue weighted by Gasteiger charge is -2.14. The van der Waals surface area contributed by atoms with Gasteiger partial charge in [0.1, 0.15) is 0 Å². The summed E-state index contributed by atoms with van der Waals surface area (Å²) in [5.41, 5.74) is 0.116. The van der Waals surface area contributed by atoms with Crippen LogP contribution in [0, 0.1) is 5.41 Å². The highest BCUT2D eigenvalue weighted by atomic mass is 16.4. The summed E-state index contributed by atoms with van der Waals surface area (Å²) in [6.45, 7) is 6.30. The predicted molar refractivity (Wildman–Crippen MR) is 58.0 cm³/mol. The van der Waals surface area contributed by atoms with Gasteiger partial charge in [-0.1, -0.05) is 20.8 Å². The average molecular weight is 226 g/mol. The molecule has 1 N–H and O–H groups in total. The summed E-state index contributed by atoms with van der Waals surface area (Å²) in [5, 5.41) is 16.3. The van der Waals surface area contributed by atoms with Crippen LogP contribution < -0.4 is 0 Å². The second kappa shape index (κ2) is 5.09. The van der Waals surface area contributed by atoms with Gasteiger partial charge in [-0.05, 0) is 11.8 Å². The molecule has 0 saturated heterocycles. The molecule has 16 heavy (non-hydrogen) atoms. The van der Waals surface area contributed by atoms with E-state index in [1.807, 2.05) is 0 Å². The van der Waals surface area contributed by atoms with Crippen LogP contribution in [0.1, 0.15) is 45.4 Å². The second-order valence-corrected chi connectivity index (χ2v) is 5.07. The molecule has 1 rings (SSSR count). The Labute approximate surface area is 94.9 Å². The van der Waals surface area contributed by atoms with E-state index in [0.29, 0.717) is 24.6 Å². The Morgan fingerprint density at radius 3 is 2.50 bits per heavy atom. The third-order valence-corrected chi connectivity index (χ3v) is 1.97. The summed E-state index contributed by atoms with van der Waals surface area (Å²) < 4.78 is 5.43. The van der Waals surface area contributed by atoms with E-state index in [-0.39, 0.29) is 11.8 Å². The molecule has 0 spiro atoms. The van der Waals surface area contributed by atoms with E-state index in [2.05, 4.69) is 31.0 Å². The lowest BCUT2D eigenvalue weighted by molar-refractivity contribution is -0.137. The van der Waals surface area contributed by atoms with Crippen LogP contribution in [-0.2, 0) is 17.6 Å². The first kappa shape index (κ1) is 12.7. The van der Waals surface area contributed by atoms with E-state index in [1.165, 1.54) is 0 Å².